The van der Waals surface area contributed by atoms with E-state index in [-0.39, 0.29) is 5.91 Å². The zero-order valence-corrected chi connectivity index (χ0v) is 19.2. The Labute approximate surface area is 186 Å². The third kappa shape index (κ3) is 4.69. The molecule has 0 N–H and O–H groups in total. The van der Waals surface area contributed by atoms with Gasteiger partial charge in [-0.3, -0.25) is 9.69 Å². The molecule has 2 aromatic carbocycles. The third-order valence-corrected chi connectivity index (χ3v) is 6.31. The number of benzene rings is 2. The molecule has 0 bridgehead atoms. The van der Waals surface area contributed by atoms with Crippen molar-refractivity contribution >= 4 is 44.2 Å². The number of thiazole rings is 1. The molecule has 0 aliphatic carbocycles. The number of nitrogens with zero attached hydrogens (tertiary/aromatic N) is 3. The van der Waals surface area contributed by atoms with E-state index in [2.05, 4.69) is 18.7 Å². The number of hydrogen-bond donors (Lipinski definition) is 0. The number of carbonyl (C=O) groups is 1. The quantitative estimate of drug-likeness (QED) is 0.464. The van der Waals surface area contributed by atoms with Crippen LogP contribution in [0.5, 0.6) is 11.5 Å². The van der Waals surface area contributed by atoms with E-state index < -0.39 is 0 Å². The summed E-state index contributed by atoms with van der Waals surface area (Å²) < 4.78 is 11.8. The normalized spacial score (nSPS) is 11.1. The van der Waals surface area contributed by atoms with Gasteiger partial charge < -0.3 is 14.4 Å². The third-order valence-electron chi connectivity index (χ3n) is 4.98. The molecule has 1 amide bonds. The first kappa shape index (κ1) is 22.3. The maximum atomic E-state index is 13.4. The average molecular weight is 448 g/mol. The molecule has 30 heavy (non-hydrogen) atoms. The molecule has 0 saturated heterocycles. The van der Waals surface area contributed by atoms with Gasteiger partial charge in [0.1, 0.15) is 21.7 Å². The van der Waals surface area contributed by atoms with Crippen LogP contribution in [-0.2, 0) is 0 Å². The number of halogens is 1. The van der Waals surface area contributed by atoms with E-state index >= 15 is 0 Å². The topological polar surface area (TPSA) is 54.9 Å². The van der Waals surface area contributed by atoms with Crippen LogP contribution in [0.1, 0.15) is 24.2 Å². The largest absolute Gasteiger partial charge is 0.495 e. The molecular formula is C22H26ClN3O3S. The number of rotatable bonds is 9. The van der Waals surface area contributed by atoms with Gasteiger partial charge >= 0.3 is 0 Å². The fourth-order valence-corrected chi connectivity index (χ4v) is 4.52. The second kappa shape index (κ2) is 10.1. The van der Waals surface area contributed by atoms with Gasteiger partial charge in [0.15, 0.2) is 5.13 Å². The molecule has 0 aliphatic rings. The summed E-state index contributed by atoms with van der Waals surface area (Å²) in [5, 5.41) is 1.13. The molecular weight excluding hydrogens is 422 g/mol. The molecule has 0 atom stereocenters. The standard InChI is InChI=1S/C22H26ClN3O3S/c1-5-25(6-2)12-13-26(21(27)15-8-7-9-16(23)14-15)22-24-19-17(28-3)10-11-18(29-4)20(19)30-22/h7-11,14H,5-6,12-13H2,1-4H3. The zero-order valence-electron chi connectivity index (χ0n) is 17.6. The van der Waals surface area contributed by atoms with Gasteiger partial charge in [-0.05, 0) is 43.4 Å². The second-order valence-electron chi connectivity index (χ2n) is 6.64. The Morgan fingerprint density at radius 1 is 1.07 bits per heavy atom. The van der Waals surface area contributed by atoms with Crippen LogP contribution in [0.25, 0.3) is 10.2 Å². The van der Waals surface area contributed by atoms with Crippen molar-refractivity contribution in [3.05, 3.63) is 47.0 Å². The maximum Gasteiger partial charge on any atom is 0.260 e. The number of methoxy groups -OCH3 is 2. The maximum absolute atomic E-state index is 13.4. The minimum absolute atomic E-state index is 0.137. The first-order valence-corrected chi connectivity index (χ1v) is 11.0. The molecule has 0 radical (unpaired) electrons. The molecule has 0 aliphatic heterocycles. The molecule has 0 spiro atoms. The Morgan fingerprint density at radius 2 is 1.77 bits per heavy atom. The van der Waals surface area contributed by atoms with Crippen LogP contribution < -0.4 is 14.4 Å². The Bertz CT molecular complexity index is 979. The Morgan fingerprint density at radius 3 is 2.40 bits per heavy atom. The summed E-state index contributed by atoms with van der Waals surface area (Å²) in [4.78, 5) is 22.2. The van der Waals surface area contributed by atoms with Gasteiger partial charge in [-0.15, -0.1) is 0 Å². The summed E-state index contributed by atoms with van der Waals surface area (Å²) in [6, 6.07) is 10.7. The van der Waals surface area contributed by atoms with Crippen LogP contribution >= 0.6 is 22.9 Å². The number of likely N-dealkylation sites (N-methyl/N-ethyl adjacent to an activating group) is 1. The van der Waals surface area contributed by atoms with Crippen LogP contribution in [0.2, 0.25) is 5.02 Å². The fraction of sp³-hybridized carbons (Fsp3) is 0.364. The summed E-state index contributed by atoms with van der Waals surface area (Å²) in [7, 11) is 3.23. The van der Waals surface area contributed by atoms with Crippen molar-refractivity contribution in [2.24, 2.45) is 0 Å². The summed E-state index contributed by atoms with van der Waals surface area (Å²) in [5.74, 6) is 1.21. The van der Waals surface area contributed by atoms with Crippen LogP contribution in [0.3, 0.4) is 0 Å². The zero-order chi connectivity index (χ0) is 21.7. The highest BCUT2D eigenvalue weighted by atomic mass is 35.5. The minimum atomic E-state index is -0.137. The molecule has 0 saturated carbocycles. The number of anilines is 1. The van der Waals surface area contributed by atoms with Gasteiger partial charge in [0.2, 0.25) is 0 Å². The Hall–Kier alpha value is -2.35. The lowest BCUT2D eigenvalue weighted by molar-refractivity contribution is 0.0983. The molecule has 3 rings (SSSR count). The lowest BCUT2D eigenvalue weighted by Crippen LogP contribution is -2.38. The van der Waals surface area contributed by atoms with Crippen molar-refractivity contribution in [1.82, 2.24) is 9.88 Å². The van der Waals surface area contributed by atoms with E-state index in [0.29, 0.717) is 39.3 Å². The molecule has 3 aromatic rings. The van der Waals surface area contributed by atoms with Crippen molar-refractivity contribution in [3.63, 3.8) is 0 Å². The van der Waals surface area contributed by atoms with E-state index in [1.54, 1.807) is 43.4 Å². The molecule has 8 heteroatoms. The number of amides is 1. The molecule has 6 nitrogen and oxygen atoms in total. The fourth-order valence-electron chi connectivity index (χ4n) is 3.23. The van der Waals surface area contributed by atoms with Gasteiger partial charge in [-0.25, -0.2) is 4.98 Å². The van der Waals surface area contributed by atoms with Crippen molar-refractivity contribution in [2.75, 3.05) is 45.3 Å². The minimum Gasteiger partial charge on any atom is -0.495 e. The number of aromatic nitrogens is 1. The molecule has 1 heterocycles. The summed E-state index contributed by atoms with van der Waals surface area (Å²) in [5.41, 5.74) is 1.21. The molecule has 1 aromatic heterocycles. The summed E-state index contributed by atoms with van der Waals surface area (Å²) in [6.45, 7) is 7.30. The first-order chi connectivity index (χ1) is 14.5. The predicted octanol–water partition coefficient (Wildman–Crippen LogP) is 4.96. The second-order valence-corrected chi connectivity index (χ2v) is 8.05. The smallest absolute Gasteiger partial charge is 0.260 e. The molecule has 0 fully saturated rings. The monoisotopic (exact) mass is 447 g/mol. The molecule has 160 valence electrons. The molecule has 0 unspecified atom stereocenters. The summed E-state index contributed by atoms with van der Waals surface area (Å²) >= 11 is 7.55. The van der Waals surface area contributed by atoms with E-state index in [1.165, 1.54) is 11.3 Å². The van der Waals surface area contributed by atoms with Crippen LogP contribution in [0.4, 0.5) is 5.13 Å². The lowest BCUT2D eigenvalue weighted by atomic mass is 10.2. The van der Waals surface area contributed by atoms with Gasteiger partial charge in [-0.2, -0.15) is 0 Å². The predicted molar refractivity (Wildman–Crippen MR) is 124 cm³/mol. The van der Waals surface area contributed by atoms with Crippen LogP contribution in [0.15, 0.2) is 36.4 Å². The first-order valence-electron chi connectivity index (χ1n) is 9.83. The average Bonchev–Trinajstić information content (AvgIpc) is 3.21. The number of fused-ring (bicyclic) bond motifs is 1. The number of ether oxygens (including phenoxy) is 2. The number of carbonyl (C=O) groups excluding carboxylic acids is 1. The Balaban J connectivity index is 2.06. The SMILES string of the molecule is CCN(CC)CCN(C(=O)c1cccc(Cl)c1)c1nc2c(OC)ccc(OC)c2s1. The van der Waals surface area contributed by atoms with E-state index in [9.17, 15) is 4.79 Å². The summed E-state index contributed by atoms with van der Waals surface area (Å²) in [6.07, 6.45) is 0. The van der Waals surface area contributed by atoms with E-state index in [0.717, 1.165) is 24.3 Å². The number of hydrogen-bond acceptors (Lipinski definition) is 6. The van der Waals surface area contributed by atoms with E-state index in [1.807, 2.05) is 12.1 Å². The highest BCUT2D eigenvalue weighted by molar-refractivity contribution is 7.22. The highest BCUT2D eigenvalue weighted by Crippen LogP contribution is 2.40. The van der Waals surface area contributed by atoms with Gasteiger partial charge in [0.05, 0.1) is 14.2 Å². The highest BCUT2D eigenvalue weighted by Gasteiger charge is 2.24. The van der Waals surface area contributed by atoms with Gasteiger partial charge in [0.25, 0.3) is 5.91 Å². The van der Waals surface area contributed by atoms with Crippen LogP contribution in [0, 0.1) is 0 Å². The van der Waals surface area contributed by atoms with Crippen molar-refractivity contribution in [1.29, 1.82) is 0 Å². The van der Waals surface area contributed by atoms with Gasteiger partial charge in [-0.1, -0.05) is 42.9 Å². The van der Waals surface area contributed by atoms with Crippen molar-refractivity contribution in [3.8, 4) is 11.5 Å². The van der Waals surface area contributed by atoms with E-state index in [4.69, 9.17) is 26.1 Å². The van der Waals surface area contributed by atoms with Gasteiger partial charge in [0, 0.05) is 23.7 Å². The Kier molecular flexibility index (Phi) is 7.53. The van der Waals surface area contributed by atoms with Crippen molar-refractivity contribution in [2.45, 2.75) is 13.8 Å². The van der Waals surface area contributed by atoms with Crippen LogP contribution in [-0.4, -0.2) is 56.2 Å². The lowest BCUT2D eigenvalue weighted by Gasteiger charge is -2.24. The van der Waals surface area contributed by atoms with Crippen molar-refractivity contribution < 1.29 is 14.3 Å².